The standard InChI is InChI=1S/C12H22N2O6S/c1-12(2,7-20-11(18)19)9(16)10(17)14-4-3-8(15)13-5-6-21/h9,16,21H,3-7H2,1-2H3,(H,13,15)(H,14,17)(H,18,19)/p-1. The molecule has 1 atom stereocenters. The minimum Gasteiger partial charge on any atom is -0.549 e. The maximum absolute atomic E-state index is 11.7. The van der Waals surface area contributed by atoms with E-state index in [9.17, 15) is 24.6 Å². The predicted molar refractivity (Wildman–Crippen MR) is 75.6 cm³/mol. The first-order valence-electron chi connectivity index (χ1n) is 6.38. The Balaban J connectivity index is 4.14. The van der Waals surface area contributed by atoms with E-state index in [2.05, 4.69) is 28.0 Å². The molecule has 0 saturated carbocycles. The van der Waals surface area contributed by atoms with Crippen molar-refractivity contribution in [1.82, 2.24) is 10.6 Å². The van der Waals surface area contributed by atoms with Gasteiger partial charge in [-0.05, 0) is 0 Å². The molecule has 0 aliphatic heterocycles. The molecule has 3 N–H and O–H groups in total. The Morgan fingerprint density at radius 1 is 1.29 bits per heavy atom. The monoisotopic (exact) mass is 321 g/mol. The predicted octanol–water partition coefficient (Wildman–Crippen LogP) is -1.71. The van der Waals surface area contributed by atoms with E-state index in [-0.39, 0.29) is 25.5 Å². The van der Waals surface area contributed by atoms with Crippen LogP contribution in [0.2, 0.25) is 0 Å². The zero-order valence-corrected chi connectivity index (χ0v) is 12.9. The zero-order valence-electron chi connectivity index (χ0n) is 12.0. The molecule has 0 aromatic carbocycles. The molecule has 0 aliphatic carbocycles. The van der Waals surface area contributed by atoms with Crippen LogP contribution in [0, 0.1) is 5.41 Å². The van der Waals surface area contributed by atoms with Crippen LogP contribution in [0.3, 0.4) is 0 Å². The van der Waals surface area contributed by atoms with Gasteiger partial charge in [0.15, 0.2) is 0 Å². The van der Waals surface area contributed by atoms with Crippen LogP contribution in [-0.4, -0.2) is 54.6 Å². The maximum atomic E-state index is 11.7. The van der Waals surface area contributed by atoms with Gasteiger partial charge in [-0.15, -0.1) is 0 Å². The van der Waals surface area contributed by atoms with E-state index < -0.39 is 23.6 Å². The molecular weight excluding hydrogens is 300 g/mol. The van der Waals surface area contributed by atoms with Gasteiger partial charge in [-0.25, -0.2) is 0 Å². The van der Waals surface area contributed by atoms with Crippen LogP contribution >= 0.6 is 12.6 Å². The molecule has 21 heavy (non-hydrogen) atoms. The molecule has 1 unspecified atom stereocenters. The summed E-state index contributed by atoms with van der Waals surface area (Å²) in [6.45, 7) is 3.06. The van der Waals surface area contributed by atoms with Gasteiger partial charge in [0.05, 0.1) is 0 Å². The number of rotatable bonds is 9. The Morgan fingerprint density at radius 2 is 1.90 bits per heavy atom. The number of carbonyl (C=O) groups excluding carboxylic acids is 3. The van der Waals surface area contributed by atoms with Crippen LogP contribution in [0.4, 0.5) is 4.79 Å². The molecule has 2 amide bonds. The number of carboxylic acid groups (broad SMARTS) is 1. The summed E-state index contributed by atoms with van der Waals surface area (Å²) >= 11 is 3.94. The number of thiol groups is 1. The van der Waals surface area contributed by atoms with E-state index in [4.69, 9.17) is 0 Å². The molecule has 0 rings (SSSR count). The van der Waals surface area contributed by atoms with Crippen LogP contribution in [0.25, 0.3) is 0 Å². The quantitative estimate of drug-likeness (QED) is 0.296. The lowest BCUT2D eigenvalue weighted by Gasteiger charge is -2.31. The van der Waals surface area contributed by atoms with Crippen molar-refractivity contribution < 1.29 is 29.3 Å². The minimum absolute atomic E-state index is 0.0612. The SMILES string of the molecule is CC(C)(COC(=O)[O-])C(O)C(=O)NCCC(=O)NCCS. The van der Waals surface area contributed by atoms with Crippen molar-refractivity contribution in [3.63, 3.8) is 0 Å². The molecule has 0 bridgehead atoms. The lowest BCUT2D eigenvalue weighted by atomic mass is 9.87. The van der Waals surface area contributed by atoms with Crippen molar-refractivity contribution in [2.45, 2.75) is 26.4 Å². The summed E-state index contributed by atoms with van der Waals surface area (Å²) in [5.74, 6) is -0.425. The highest BCUT2D eigenvalue weighted by atomic mass is 32.1. The summed E-state index contributed by atoms with van der Waals surface area (Å²) in [6, 6.07) is 0. The van der Waals surface area contributed by atoms with Crippen LogP contribution in [0.15, 0.2) is 0 Å². The highest BCUT2D eigenvalue weighted by molar-refractivity contribution is 7.80. The van der Waals surface area contributed by atoms with Gasteiger partial charge in [-0.3, -0.25) is 9.59 Å². The topological polar surface area (TPSA) is 128 Å². The number of hydrogen-bond donors (Lipinski definition) is 4. The first-order valence-corrected chi connectivity index (χ1v) is 7.01. The highest BCUT2D eigenvalue weighted by Gasteiger charge is 2.33. The van der Waals surface area contributed by atoms with E-state index in [1.165, 1.54) is 13.8 Å². The van der Waals surface area contributed by atoms with Gasteiger partial charge in [0.2, 0.25) is 11.8 Å². The summed E-state index contributed by atoms with van der Waals surface area (Å²) in [5.41, 5.74) is -1.11. The average molecular weight is 321 g/mol. The van der Waals surface area contributed by atoms with Gasteiger partial charge in [0, 0.05) is 37.3 Å². The fourth-order valence-corrected chi connectivity index (χ4v) is 1.47. The number of aliphatic hydroxyl groups is 1. The summed E-state index contributed by atoms with van der Waals surface area (Å²) in [4.78, 5) is 33.2. The maximum Gasteiger partial charge on any atom is 0.252 e. The van der Waals surface area contributed by atoms with Crippen LogP contribution in [0.1, 0.15) is 20.3 Å². The van der Waals surface area contributed by atoms with Crippen LogP contribution < -0.4 is 15.7 Å². The third-order valence-corrected chi connectivity index (χ3v) is 2.86. The van der Waals surface area contributed by atoms with E-state index >= 15 is 0 Å². The summed E-state index contributed by atoms with van der Waals surface area (Å²) in [7, 11) is 0. The Hall–Kier alpha value is -1.48. The Bertz CT molecular complexity index is 375. The van der Waals surface area contributed by atoms with E-state index in [0.29, 0.717) is 12.3 Å². The van der Waals surface area contributed by atoms with E-state index in [1.807, 2.05) is 0 Å². The molecule has 0 aromatic rings. The second-order valence-electron chi connectivity index (χ2n) is 5.04. The minimum atomic E-state index is -1.73. The van der Waals surface area contributed by atoms with Gasteiger partial charge in [-0.1, -0.05) is 13.8 Å². The van der Waals surface area contributed by atoms with E-state index in [0.717, 1.165) is 0 Å². The van der Waals surface area contributed by atoms with Crippen molar-refractivity contribution in [1.29, 1.82) is 0 Å². The average Bonchev–Trinajstić information content (AvgIpc) is 2.42. The second kappa shape index (κ2) is 9.46. The molecule has 0 aromatic heterocycles. The van der Waals surface area contributed by atoms with Crippen molar-refractivity contribution in [2.75, 3.05) is 25.4 Å². The molecule has 0 radical (unpaired) electrons. The Kier molecular flexibility index (Phi) is 8.79. The molecule has 8 nitrogen and oxygen atoms in total. The fraction of sp³-hybridized carbons (Fsp3) is 0.750. The molecule has 0 spiro atoms. The van der Waals surface area contributed by atoms with Crippen molar-refractivity contribution >= 4 is 30.6 Å². The van der Waals surface area contributed by atoms with E-state index in [1.54, 1.807) is 0 Å². The molecule has 122 valence electrons. The first-order chi connectivity index (χ1) is 9.70. The number of aliphatic hydroxyl groups excluding tert-OH is 1. The third-order valence-electron chi connectivity index (χ3n) is 2.64. The second-order valence-corrected chi connectivity index (χ2v) is 5.49. The smallest absolute Gasteiger partial charge is 0.252 e. The molecular formula is C12H21N2O6S-. The van der Waals surface area contributed by atoms with Crippen molar-refractivity contribution in [3.05, 3.63) is 0 Å². The van der Waals surface area contributed by atoms with Crippen LogP contribution in [-0.2, 0) is 14.3 Å². The Labute approximate surface area is 128 Å². The third kappa shape index (κ3) is 8.41. The van der Waals surface area contributed by atoms with Gasteiger partial charge in [-0.2, -0.15) is 12.6 Å². The summed E-state index contributed by atoms with van der Waals surface area (Å²) < 4.78 is 4.26. The van der Waals surface area contributed by atoms with Gasteiger partial charge < -0.3 is 30.4 Å². The number of amides is 2. The summed E-state index contributed by atoms with van der Waals surface area (Å²) in [5, 5.41) is 25.0. The van der Waals surface area contributed by atoms with Crippen molar-refractivity contribution in [2.24, 2.45) is 5.41 Å². The fourth-order valence-electron chi connectivity index (χ4n) is 1.36. The molecule has 0 heterocycles. The van der Waals surface area contributed by atoms with Gasteiger partial charge in [0.1, 0.15) is 6.10 Å². The molecule has 0 aliphatic rings. The summed E-state index contributed by atoms with van der Waals surface area (Å²) in [6.07, 6.45) is -3.13. The van der Waals surface area contributed by atoms with Crippen molar-refractivity contribution in [3.8, 4) is 0 Å². The lowest BCUT2D eigenvalue weighted by Crippen LogP contribution is -2.47. The zero-order chi connectivity index (χ0) is 16.5. The Morgan fingerprint density at radius 3 is 2.43 bits per heavy atom. The normalized spacial score (nSPS) is 12.4. The lowest BCUT2D eigenvalue weighted by molar-refractivity contribution is -0.285. The van der Waals surface area contributed by atoms with Crippen LogP contribution in [0.5, 0.6) is 0 Å². The highest BCUT2D eigenvalue weighted by Crippen LogP contribution is 2.21. The number of hydrogen-bond acceptors (Lipinski definition) is 7. The molecule has 9 heteroatoms. The largest absolute Gasteiger partial charge is 0.549 e. The molecule has 0 fully saturated rings. The number of nitrogens with one attached hydrogen (secondary N) is 2. The molecule has 0 saturated heterocycles. The number of ether oxygens (including phenoxy) is 1. The van der Waals surface area contributed by atoms with Gasteiger partial charge in [0.25, 0.3) is 6.16 Å². The first kappa shape index (κ1) is 19.5. The van der Waals surface area contributed by atoms with Gasteiger partial charge >= 0.3 is 0 Å². The number of carbonyl (C=O) groups is 3.